The number of rotatable bonds is 4. The molecule has 2 heterocycles. The van der Waals surface area contributed by atoms with Crippen LogP contribution in [-0.4, -0.2) is 34.5 Å². The molecule has 4 rings (SSSR count). The molecule has 2 aliphatic rings. The predicted octanol–water partition coefficient (Wildman–Crippen LogP) is 3.62. The fraction of sp³-hybridized carbons (Fsp3) is 0.429. The summed E-state index contributed by atoms with van der Waals surface area (Å²) >= 11 is 0. The topological polar surface area (TPSA) is 70.7 Å². The SMILES string of the molecule is Cc1coc(CC(=O)O)c1C(=O)N1CC(c2ccccc2)C2CCCC21. The van der Waals surface area contributed by atoms with E-state index in [2.05, 4.69) is 24.3 Å². The Hall–Kier alpha value is -2.56. The third-order valence-electron chi connectivity index (χ3n) is 5.91. The van der Waals surface area contributed by atoms with Crippen LogP contribution in [0.15, 0.2) is 41.0 Å². The van der Waals surface area contributed by atoms with E-state index in [4.69, 9.17) is 9.52 Å². The Balaban J connectivity index is 1.65. The Bertz CT molecular complexity index is 826. The van der Waals surface area contributed by atoms with Gasteiger partial charge in [0.2, 0.25) is 0 Å². The van der Waals surface area contributed by atoms with E-state index >= 15 is 0 Å². The minimum Gasteiger partial charge on any atom is -0.481 e. The average Bonchev–Trinajstić information content (AvgIpc) is 3.30. The molecule has 1 N–H and O–H groups in total. The number of aryl methyl sites for hydroxylation is 1. The van der Waals surface area contributed by atoms with E-state index in [0.717, 1.165) is 19.3 Å². The van der Waals surface area contributed by atoms with Crippen molar-refractivity contribution in [1.82, 2.24) is 4.90 Å². The van der Waals surface area contributed by atoms with E-state index < -0.39 is 5.97 Å². The number of carbonyl (C=O) groups excluding carboxylic acids is 1. The van der Waals surface area contributed by atoms with Gasteiger partial charge in [0.05, 0.1) is 11.8 Å². The number of carbonyl (C=O) groups is 2. The molecule has 1 aromatic heterocycles. The molecule has 2 fully saturated rings. The first-order valence-electron chi connectivity index (χ1n) is 9.21. The van der Waals surface area contributed by atoms with Crippen molar-refractivity contribution in [2.45, 2.75) is 44.6 Å². The van der Waals surface area contributed by atoms with Gasteiger partial charge in [-0.3, -0.25) is 9.59 Å². The van der Waals surface area contributed by atoms with Crippen LogP contribution in [0.3, 0.4) is 0 Å². The van der Waals surface area contributed by atoms with Crippen molar-refractivity contribution in [3.05, 3.63) is 59.0 Å². The smallest absolute Gasteiger partial charge is 0.311 e. The first-order chi connectivity index (χ1) is 12.6. The molecule has 1 aromatic carbocycles. The van der Waals surface area contributed by atoms with Crippen molar-refractivity contribution in [1.29, 1.82) is 0 Å². The van der Waals surface area contributed by atoms with E-state index in [0.29, 0.717) is 29.5 Å². The van der Waals surface area contributed by atoms with Crippen LogP contribution in [0.1, 0.15) is 52.4 Å². The molecule has 0 spiro atoms. The number of amides is 1. The van der Waals surface area contributed by atoms with Gasteiger partial charge in [-0.1, -0.05) is 36.8 Å². The summed E-state index contributed by atoms with van der Waals surface area (Å²) in [5.41, 5.74) is 2.44. The molecule has 5 nitrogen and oxygen atoms in total. The maximum absolute atomic E-state index is 13.3. The first-order valence-corrected chi connectivity index (χ1v) is 9.21. The average molecular weight is 353 g/mol. The van der Waals surface area contributed by atoms with E-state index in [9.17, 15) is 9.59 Å². The maximum atomic E-state index is 13.3. The van der Waals surface area contributed by atoms with Gasteiger partial charge in [-0.05, 0) is 31.2 Å². The summed E-state index contributed by atoms with van der Waals surface area (Å²) in [6, 6.07) is 10.6. The number of hydrogen-bond donors (Lipinski definition) is 1. The van der Waals surface area contributed by atoms with Crippen LogP contribution in [-0.2, 0) is 11.2 Å². The van der Waals surface area contributed by atoms with Crippen LogP contribution in [0.5, 0.6) is 0 Å². The normalized spacial score (nSPS) is 24.7. The second kappa shape index (κ2) is 6.63. The standard InChI is InChI=1S/C21H23NO4/c1-13-12-26-18(10-19(23)24)20(13)21(25)22-11-16(14-6-3-2-4-7-14)15-8-5-9-17(15)22/h2-4,6-7,12,15-17H,5,8-11H2,1H3,(H,23,24). The van der Waals surface area contributed by atoms with Gasteiger partial charge in [-0.25, -0.2) is 0 Å². The Kier molecular flexibility index (Phi) is 4.31. The van der Waals surface area contributed by atoms with Gasteiger partial charge in [0, 0.05) is 24.1 Å². The quantitative estimate of drug-likeness (QED) is 0.911. The van der Waals surface area contributed by atoms with Crippen molar-refractivity contribution in [3.63, 3.8) is 0 Å². The molecule has 5 heteroatoms. The van der Waals surface area contributed by atoms with Gasteiger partial charge in [0.25, 0.3) is 5.91 Å². The highest BCUT2D eigenvalue weighted by Crippen LogP contribution is 2.46. The maximum Gasteiger partial charge on any atom is 0.311 e. The molecule has 26 heavy (non-hydrogen) atoms. The monoisotopic (exact) mass is 353 g/mol. The summed E-state index contributed by atoms with van der Waals surface area (Å²) in [5.74, 6) is 0.0236. The fourth-order valence-corrected chi connectivity index (χ4v) is 4.79. The number of furan rings is 1. The molecule has 2 aromatic rings. The molecule has 1 aliphatic carbocycles. The Morgan fingerprint density at radius 1 is 1.23 bits per heavy atom. The van der Waals surface area contributed by atoms with Crippen molar-refractivity contribution in [2.75, 3.05) is 6.54 Å². The number of hydrogen-bond acceptors (Lipinski definition) is 3. The second-order valence-electron chi connectivity index (χ2n) is 7.42. The number of benzene rings is 1. The molecule has 136 valence electrons. The van der Waals surface area contributed by atoms with Crippen molar-refractivity contribution >= 4 is 11.9 Å². The van der Waals surface area contributed by atoms with Crippen LogP contribution in [0, 0.1) is 12.8 Å². The highest BCUT2D eigenvalue weighted by Gasteiger charge is 2.47. The molecule has 0 radical (unpaired) electrons. The molecule has 1 aliphatic heterocycles. The van der Waals surface area contributed by atoms with Gasteiger partial charge in [0.15, 0.2) is 0 Å². The lowest BCUT2D eigenvalue weighted by Gasteiger charge is -2.24. The van der Waals surface area contributed by atoms with Crippen LogP contribution < -0.4 is 0 Å². The number of fused-ring (bicyclic) bond motifs is 1. The predicted molar refractivity (Wildman–Crippen MR) is 96.1 cm³/mol. The second-order valence-corrected chi connectivity index (χ2v) is 7.42. The van der Waals surface area contributed by atoms with Gasteiger partial charge in [-0.15, -0.1) is 0 Å². The zero-order valence-electron chi connectivity index (χ0n) is 14.9. The molecule has 0 bridgehead atoms. The van der Waals surface area contributed by atoms with Gasteiger partial charge in [0.1, 0.15) is 12.2 Å². The fourth-order valence-electron chi connectivity index (χ4n) is 4.79. The number of aliphatic carboxylic acids is 1. The number of carboxylic acids is 1. The van der Waals surface area contributed by atoms with E-state index in [-0.39, 0.29) is 24.1 Å². The highest BCUT2D eigenvalue weighted by atomic mass is 16.4. The Morgan fingerprint density at radius 2 is 2.00 bits per heavy atom. The third kappa shape index (κ3) is 2.81. The highest BCUT2D eigenvalue weighted by molar-refractivity contribution is 5.98. The minimum absolute atomic E-state index is 0.0807. The number of carboxylic acid groups (broad SMARTS) is 1. The van der Waals surface area contributed by atoms with Gasteiger partial charge in [-0.2, -0.15) is 0 Å². The Labute approximate surface area is 152 Å². The largest absolute Gasteiger partial charge is 0.481 e. The van der Waals surface area contributed by atoms with Crippen LogP contribution in [0.2, 0.25) is 0 Å². The molecule has 1 saturated carbocycles. The van der Waals surface area contributed by atoms with Crippen LogP contribution in [0.25, 0.3) is 0 Å². The third-order valence-corrected chi connectivity index (χ3v) is 5.91. The van der Waals surface area contributed by atoms with E-state index in [1.807, 2.05) is 11.0 Å². The lowest BCUT2D eigenvalue weighted by Crippen LogP contribution is -2.36. The minimum atomic E-state index is -0.990. The molecule has 3 unspecified atom stereocenters. The van der Waals surface area contributed by atoms with Crippen LogP contribution in [0.4, 0.5) is 0 Å². The van der Waals surface area contributed by atoms with Crippen LogP contribution >= 0.6 is 0 Å². The van der Waals surface area contributed by atoms with Gasteiger partial charge >= 0.3 is 5.97 Å². The molecule has 1 amide bonds. The summed E-state index contributed by atoms with van der Waals surface area (Å²) in [5, 5.41) is 9.10. The van der Waals surface area contributed by atoms with E-state index in [1.54, 1.807) is 6.92 Å². The lowest BCUT2D eigenvalue weighted by atomic mass is 9.87. The van der Waals surface area contributed by atoms with Crippen molar-refractivity contribution in [3.8, 4) is 0 Å². The number of likely N-dealkylation sites (tertiary alicyclic amines) is 1. The van der Waals surface area contributed by atoms with Crippen molar-refractivity contribution < 1.29 is 19.1 Å². The first kappa shape index (κ1) is 16.9. The summed E-state index contributed by atoms with van der Waals surface area (Å²) in [6.07, 6.45) is 4.52. The molecule has 3 atom stereocenters. The summed E-state index contributed by atoms with van der Waals surface area (Å²) in [6.45, 7) is 2.49. The molecular weight excluding hydrogens is 330 g/mol. The van der Waals surface area contributed by atoms with E-state index in [1.165, 1.54) is 11.8 Å². The summed E-state index contributed by atoms with van der Waals surface area (Å²) in [4.78, 5) is 26.4. The number of nitrogens with zero attached hydrogens (tertiary/aromatic N) is 1. The summed E-state index contributed by atoms with van der Waals surface area (Å²) < 4.78 is 5.38. The molecular formula is C21H23NO4. The summed E-state index contributed by atoms with van der Waals surface area (Å²) in [7, 11) is 0. The molecule has 1 saturated heterocycles. The van der Waals surface area contributed by atoms with Gasteiger partial charge < -0.3 is 14.4 Å². The van der Waals surface area contributed by atoms with Crippen molar-refractivity contribution in [2.24, 2.45) is 5.92 Å². The Morgan fingerprint density at radius 3 is 2.73 bits per heavy atom. The zero-order chi connectivity index (χ0) is 18.3. The lowest BCUT2D eigenvalue weighted by molar-refractivity contribution is -0.136. The zero-order valence-corrected chi connectivity index (χ0v) is 14.9.